The SMILES string of the molecule is CC(C)c1nc2ccc(F)cc2c(=O)n1-c1cccc(F)c1. The third-order valence-electron chi connectivity index (χ3n) is 3.44. The lowest BCUT2D eigenvalue weighted by atomic mass is 10.1. The smallest absolute Gasteiger partial charge is 0.266 e. The van der Waals surface area contributed by atoms with E-state index in [1.54, 1.807) is 6.07 Å². The van der Waals surface area contributed by atoms with Crippen LogP contribution in [0.25, 0.3) is 16.6 Å². The van der Waals surface area contributed by atoms with Gasteiger partial charge < -0.3 is 0 Å². The molecule has 0 saturated carbocycles. The second-order valence-corrected chi connectivity index (χ2v) is 5.41. The summed E-state index contributed by atoms with van der Waals surface area (Å²) in [5, 5.41) is 0.175. The lowest BCUT2D eigenvalue weighted by Crippen LogP contribution is -2.24. The molecule has 0 unspecified atom stereocenters. The van der Waals surface area contributed by atoms with Gasteiger partial charge in [-0.2, -0.15) is 0 Å². The first-order valence-electron chi connectivity index (χ1n) is 6.95. The molecule has 112 valence electrons. The van der Waals surface area contributed by atoms with Crippen molar-refractivity contribution in [1.82, 2.24) is 9.55 Å². The van der Waals surface area contributed by atoms with E-state index in [4.69, 9.17) is 0 Å². The zero-order valence-corrected chi connectivity index (χ0v) is 12.2. The van der Waals surface area contributed by atoms with Gasteiger partial charge in [-0.1, -0.05) is 19.9 Å². The van der Waals surface area contributed by atoms with Crippen molar-refractivity contribution in [2.75, 3.05) is 0 Å². The van der Waals surface area contributed by atoms with Crippen LogP contribution in [-0.4, -0.2) is 9.55 Å². The number of aromatic nitrogens is 2. The normalized spacial score (nSPS) is 11.3. The molecule has 0 radical (unpaired) electrons. The lowest BCUT2D eigenvalue weighted by Gasteiger charge is -2.16. The minimum Gasteiger partial charge on any atom is -0.268 e. The predicted octanol–water partition coefficient (Wildman–Crippen LogP) is 3.79. The molecular formula is C17H14F2N2O. The fourth-order valence-corrected chi connectivity index (χ4v) is 2.43. The Labute approximate surface area is 125 Å². The van der Waals surface area contributed by atoms with Crippen molar-refractivity contribution >= 4 is 10.9 Å². The van der Waals surface area contributed by atoms with Gasteiger partial charge in [-0.05, 0) is 36.4 Å². The lowest BCUT2D eigenvalue weighted by molar-refractivity contribution is 0.623. The molecule has 0 saturated heterocycles. The van der Waals surface area contributed by atoms with Crippen LogP contribution in [0.5, 0.6) is 0 Å². The summed E-state index contributed by atoms with van der Waals surface area (Å²) < 4.78 is 28.3. The predicted molar refractivity (Wildman–Crippen MR) is 81.3 cm³/mol. The van der Waals surface area contributed by atoms with Crippen LogP contribution in [-0.2, 0) is 0 Å². The number of halogens is 2. The van der Waals surface area contributed by atoms with Crippen molar-refractivity contribution < 1.29 is 8.78 Å². The molecule has 5 heteroatoms. The summed E-state index contributed by atoms with van der Waals surface area (Å²) >= 11 is 0. The maximum absolute atomic E-state index is 13.5. The van der Waals surface area contributed by atoms with Crippen molar-refractivity contribution in [3.05, 3.63) is 70.3 Å². The summed E-state index contributed by atoms with van der Waals surface area (Å²) in [5.74, 6) is -0.493. The van der Waals surface area contributed by atoms with Crippen LogP contribution in [0.4, 0.5) is 8.78 Å². The minimum atomic E-state index is -0.505. The number of nitrogens with zero attached hydrogens (tertiary/aromatic N) is 2. The van der Waals surface area contributed by atoms with E-state index in [2.05, 4.69) is 4.98 Å². The molecule has 3 rings (SSSR count). The first-order chi connectivity index (χ1) is 10.5. The van der Waals surface area contributed by atoms with E-state index in [0.717, 1.165) is 6.07 Å². The Balaban J connectivity index is 2.43. The van der Waals surface area contributed by atoms with Crippen LogP contribution in [0, 0.1) is 11.6 Å². The molecular weight excluding hydrogens is 286 g/mol. The Hall–Kier alpha value is -2.56. The molecule has 0 bridgehead atoms. The van der Waals surface area contributed by atoms with Crippen molar-refractivity contribution in [1.29, 1.82) is 0 Å². The zero-order valence-electron chi connectivity index (χ0n) is 12.2. The van der Waals surface area contributed by atoms with Gasteiger partial charge in [0.15, 0.2) is 0 Å². The van der Waals surface area contributed by atoms with Crippen molar-refractivity contribution in [2.24, 2.45) is 0 Å². The molecule has 0 amide bonds. The Kier molecular flexibility index (Phi) is 3.48. The van der Waals surface area contributed by atoms with Crippen LogP contribution in [0.15, 0.2) is 47.3 Å². The summed E-state index contributed by atoms with van der Waals surface area (Å²) in [5.41, 5.74) is 0.411. The maximum Gasteiger partial charge on any atom is 0.266 e. The van der Waals surface area contributed by atoms with E-state index < -0.39 is 17.2 Å². The molecule has 1 aromatic heterocycles. The van der Waals surface area contributed by atoms with Crippen LogP contribution in [0.1, 0.15) is 25.6 Å². The molecule has 0 N–H and O–H groups in total. The average Bonchev–Trinajstić information content (AvgIpc) is 2.47. The third kappa shape index (κ3) is 2.39. The molecule has 0 atom stereocenters. The van der Waals surface area contributed by atoms with Gasteiger partial charge in [-0.3, -0.25) is 9.36 Å². The third-order valence-corrected chi connectivity index (χ3v) is 3.44. The summed E-state index contributed by atoms with van der Waals surface area (Å²) in [6.45, 7) is 3.79. The summed E-state index contributed by atoms with van der Waals surface area (Å²) in [6, 6.07) is 9.63. The van der Waals surface area contributed by atoms with Gasteiger partial charge in [0, 0.05) is 5.92 Å². The molecule has 0 fully saturated rings. The molecule has 0 aliphatic rings. The van der Waals surface area contributed by atoms with Crippen molar-refractivity contribution in [3.8, 4) is 5.69 Å². The Morgan fingerprint density at radius 3 is 2.45 bits per heavy atom. The van der Waals surface area contributed by atoms with E-state index in [9.17, 15) is 13.6 Å². The van der Waals surface area contributed by atoms with Crippen molar-refractivity contribution in [3.63, 3.8) is 0 Å². The van der Waals surface area contributed by atoms with Gasteiger partial charge in [0.25, 0.3) is 5.56 Å². The zero-order chi connectivity index (χ0) is 15.9. The monoisotopic (exact) mass is 300 g/mol. The highest BCUT2D eigenvalue weighted by atomic mass is 19.1. The minimum absolute atomic E-state index is 0.0505. The molecule has 0 spiro atoms. The van der Waals surface area contributed by atoms with Crippen molar-refractivity contribution in [2.45, 2.75) is 19.8 Å². The van der Waals surface area contributed by atoms with Crippen LogP contribution >= 0.6 is 0 Å². The van der Waals surface area contributed by atoms with Gasteiger partial charge in [0.1, 0.15) is 17.5 Å². The highest BCUT2D eigenvalue weighted by molar-refractivity contribution is 5.78. The maximum atomic E-state index is 13.5. The van der Waals surface area contributed by atoms with Crippen LogP contribution in [0.3, 0.4) is 0 Å². The van der Waals surface area contributed by atoms with E-state index in [0.29, 0.717) is 17.0 Å². The molecule has 0 aliphatic heterocycles. The average molecular weight is 300 g/mol. The highest BCUT2D eigenvalue weighted by Crippen LogP contribution is 2.19. The summed E-state index contributed by atoms with van der Waals surface area (Å²) in [7, 11) is 0. The second kappa shape index (κ2) is 5.33. The number of fused-ring (bicyclic) bond motifs is 1. The van der Waals surface area contributed by atoms with Gasteiger partial charge in [0.2, 0.25) is 0 Å². The van der Waals surface area contributed by atoms with Crippen LogP contribution < -0.4 is 5.56 Å². The van der Waals surface area contributed by atoms with Gasteiger partial charge in [0.05, 0.1) is 16.6 Å². The molecule has 3 aromatic rings. The Morgan fingerprint density at radius 1 is 1.05 bits per heavy atom. The molecule has 22 heavy (non-hydrogen) atoms. The van der Waals surface area contributed by atoms with E-state index in [1.165, 1.54) is 34.9 Å². The fourth-order valence-electron chi connectivity index (χ4n) is 2.43. The number of rotatable bonds is 2. The number of hydrogen-bond acceptors (Lipinski definition) is 2. The topological polar surface area (TPSA) is 34.9 Å². The Morgan fingerprint density at radius 2 is 1.77 bits per heavy atom. The summed E-state index contributed by atoms with van der Waals surface area (Å²) in [6.07, 6.45) is 0. The van der Waals surface area contributed by atoms with E-state index in [1.807, 2.05) is 13.8 Å². The van der Waals surface area contributed by atoms with E-state index >= 15 is 0 Å². The second-order valence-electron chi connectivity index (χ2n) is 5.41. The fraction of sp³-hybridized carbons (Fsp3) is 0.176. The first kappa shape index (κ1) is 14.4. The number of hydrogen-bond donors (Lipinski definition) is 0. The largest absolute Gasteiger partial charge is 0.268 e. The van der Waals surface area contributed by atoms with E-state index in [-0.39, 0.29) is 11.3 Å². The number of benzene rings is 2. The van der Waals surface area contributed by atoms with Crippen LogP contribution in [0.2, 0.25) is 0 Å². The standard InChI is InChI=1S/C17H14F2N2O/c1-10(2)16-20-15-7-6-12(19)9-14(15)17(22)21(16)13-5-3-4-11(18)8-13/h3-10H,1-2H3. The summed E-state index contributed by atoms with van der Waals surface area (Å²) in [4.78, 5) is 17.2. The van der Waals surface area contributed by atoms with Gasteiger partial charge >= 0.3 is 0 Å². The molecule has 1 heterocycles. The Bertz CT molecular complexity index is 916. The first-order valence-corrected chi connectivity index (χ1v) is 6.95. The van der Waals surface area contributed by atoms with Gasteiger partial charge in [-0.25, -0.2) is 13.8 Å². The quantitative estimate of drug-likeness (QED) is 0.722. The molecule has 2 aromatic carbocycles. The molecule has 0 aliphatic carbocycles. The van der Waals surface area contributed by atoms with Gasteiger partial charge in [-0.15, -0.1) is 0 Å². The molecule has 3 nitrogen and oxygen atoms in total. The highest BCUT2D eigenvalue weighted by Gasteiger charge is 2.16.